The number of phenolic OH excluding ortho intramolecular Hbond substituents is 1. The second-order valence-electron chi connectivity index (χ2n) is 3.98. The van der Waals surface area contributed by atoms with Crippen LogP contribution in [0.1, 0.15) is 5.56 Å². The zero-order chi connectivity index (χ0) is 12.7. The Bertz CT molecular complexity index is 739. The molecule has 0 radical (unpaired) electrons. The van der Waals surface area contributed by atoms with E-state index < -0.39 is 0 Å². The van der Waals surface area contributed by atoms with Crippen LogP contribution < -0.4 is 0 Å². The van der Waals surface area contributed by atoms with Crippen LogP contribution in [0.25, 0.3) is 21.5 Å². The van der Waals surface area contributed by atoms with Crippen molar-refractivity contribution in [2.75, 3.05) is 0 Å². The summed E-state index contributed by atoms with van der Waals surface area (Å²) in [6, 6.07) is 5.36. The van der Waals surface area contributed by atoms with E-state index in [1.54, 1.807) is 29.8 Å². The van der Waals surface area contributed by atoms with Crippen LogP contribution in [0.2, 0.25) is 5.02 Å². The van der Waals surface area contributed by atoms with Gasteiger partial charge in [0, 0.05) is 5.56 Å². The van der Waals surface area contributed by atoms with Crippen molar-refractivity contribution in [2.45, 2.75) is 6.92 Å². The van der Waals surface area contributed by atoms with Gasteiger partial charge in [0.15, 0.2) is 0 Å². The first-order valence-electron chi connectivity index (χ1n) is 5.34. The Morgan fingerprint density at radius 3 is 2.94 bits per heavy atom. The third kappa shape index (κ3) is 1.74. The molecule has 0 saturated carbocycles. The molecule has 0 atom stereocenters. The number of benzene rings is 1. The van der Waals surface area contributed by atoms with Crippen molar-refractivity contribution in [1.29, 1.82) is 0 Å². The standard InChI is InChI=1S/C13H9ClN2OS/c1-7-4-11(17)9(14)5-8(7)12-13-10(2-3-18-13)15-6-16-12/h2-6,17H,1H3. The lowest BCUT2D eigenvalue weighted by atomic mass is 10.0. The summed E-state index contributed by atoms with van der Waals surface area (Å²) in [6.45, 7) is 1.92. The lowest BCUT2D eigenvalue weighted by molar-refractivity contribution is 0.475. The highest BCUT2D eigenvalue weighted by Crippen LogP contribution is 2.36. The summed E-state index contributed by atoms with van der Waals surface area (Å²) in [5.74, 6) is 0.0920. The molecule has 2 aromatic heterocycles. The van der Waals surface area contributed by atoms with Crippen LogP contribution in [0, 0.1) is 6.92 Å². The molecule has 2 heterocycles. The first-order chi connectivity index (χ1) is 8.66. The lowest BCUT2D eigenvalue weighted by Gasteiger charge is -2.08. The molecular weight excluding hydrogens is 268 g/mol. The molecule has 0 fully saturated rings. The summed E-state index contributed by atoms with van der Waals surface area (Å²) in [5.41, 5.74) is 3.64. The van der Waals surface area contributed by atoms with E-state index in [0.717, 1.165) is 27.0 Å². The average molecular weight is 277 g/mol. The number of fused-ring (bicyclic) bond motifs is 1. The Hall–Kier alpha value is -1.65. The normalized spacial score (nSPS) is 11.0. The van der Waals surface area contributed by atoms with Crippen molar-refractivity contribution in [3.63, 3.8) is 0 Å². The summed E-state index contributed by atoms with van der Waals surface area (Å²) >= 11 is 7.57. The Balaban J connectivity index is 2.32. The molecule has 0 saturated heterocycles. The number of aromatic hydroxyl groups is 1. The van der Waals surface area contributed by atoms with E-state index in [1.807, 2.05) is 18.4 Å². The molecule has 0 aliphatic carbocycles. The highest BCUT2D eigenvalue weighted by atomic mass is 35.5. The number of nitrogens with zero attached hydrogens (tertiary/aromatic N) is 2. The number of aromatic nitrogens is 2. The quantitative estimate of drug-likeness (QED) is 0.730. The van der Waals surface area contributed by atoms with Crippen LogP contribution in [0.4, 0.5) is 0 Å². The number of phenols is 1. The van der Waals surface area contributed by atoms with Gasteiger partial charge in [-0.25, -0.2) is 9.97 Å². The van der Waals surface area contributed by atoms with Gasteiger partial charge in [-0.2, -0.15) is 0 Å². The number of hydrogen-bond acceptors (Lipinski definition) is 4. The lowest BCUT2D eigenvalue weighted by Crippen LogP contribution is -1.89. The van der Waals surface area contributed by atoms with Crippen LogP contribution in [-0.2, 0) is 0 Å². The van der Waals surface area contributed by atoms with Crippen LogP contribution in [-0.4, -0.2) is 15.1 Å². The summed E-state index contributed by atoms with van der Waals surface area (Å²) in [4.78, 5) is 8.55. The SMILES string of the molecule is Cc1cc(O)c(Cl)cc1-c1ncnc2ccsc12. The van der Waals surface area contributed by atoms with Gasteiger partial charge in [0.2, 0.25) is 0 Å². The van der Waals surface area contributed by atoms with Crippen LogP contribution >= 0.6 is 22.9 Å². The van der Waals surface area contributed by atoms with Crippen LogP contribution in [0.3, 0.4) is 0 Å². The summed E-state index contributed by atoms with van der Waals surface area (Å²) in [6.07, 6.45) is 1.55. The fourth-order valence-corrected chi connectivity index (χ4v) is 2.91. The minimum absolute atomic E-state index is 0.0920. The topological polar surface area (TPSA) is 46.0 Å². The van der Waals surface area contributed by atoms with Crippen molar-refractivity contribution in [2.24, 2.45) is 0 Å². The van der Waals surface area contributed by atoms with Gasteiger partial charge in [0.1, 0.15) is 12.1 Å². The first kappa shape index (κ1) is 11.4. The Labute approximate surface area is 113 Å². The Morgan fingerprint density at radius 1 is 1.28 bits per heavy atom. The van der Waals surface area contributed by atoms with E-state index in [0.29, 0.717) is 5.02 Å². The van der Waals surface area contributed by atoms with E-state index in [-0.39, 0.29) is 5.75 Å². The van der Waals surface area contributed by atoms with Crippen molar-refractivity contribution < 1.29 is 5.11 Å². The molecule has 3 aromatic rings. The number of halogens is 1. The minimum Gasteiger partial charge on any atom is -0.506 e. The maximum Gasteiger partial charge on any atom is 0.134 e. The third-order valence-electron chi connectivity index (χ3n) is 2.79. The molecule has 3 rings (SSSR count). The second-order valence-corrected chi connectivity index (χ2v) is 5.30. The van der Waals surface area contributed by atoms with Gasteiger partial charge in [-0.15, -0.1) is 11.3 Å². The fraction of sp³-hybridized carbons (Fsp3) is 0.0769. The molecule has 90 valence electrons. The van der Waals surface area contributed by atoms with Crippen molar-refractivity contribution in [3.8, 4) is 17.0 Å². The molecule has 0 amide bonds. The van der Waals surface area contributed by atoms with E-state index in [4.69, 9.17) is 11.6 Å². The van der Waals surface area contributed by atoms with Gasteiger partial charge in [-0.1, -0.05) is 11.6 Å². The maximum atomic E-state index is 9.58. The van der Waals surface area contributed by atoms with Gasteiger partial charge in [0.25, 0.3) is 0 Å². The highest BCUT2D eigenvalue weighted by Gasteiger charge is 2.12. The molecule has 0 spiro atoms. The van der Waals surface area contributed by atoms with Crippen molar-refractivity contribution in [1.82, 2.24) is 9.97 Å². The molecule has 18 heavy (non-hydrogen) atoms. The summed E-state index contributed by atoms with van der Waals surface area (Å²) in [5, 5.41) is 11.9. The average Bonchev–Trinajstić information content (AvgIpc) is 2.82. The minimum atomic E-state index is 0.0920. The Kier molecular flexibility index (Phi) is 2.69. The van der Waals surface area contributed by atoms with Gasteiger partial charge in [-0.3, -0.25) is 0 Å². The molecule has 1 aromatic carbocycles. The van der Waals surface area contributed by atoms with Gasteiger partial charge >= 0.3 is 0 Å². The van der Waals surface area contributed by atoms with Gasteiger partial charge in [-0.05, 0) is 36.1 Å². The first-order valence-corrected chi connectivity index (χ1v) is 6.60. The van der Waals surface area contributed by atoms with Gasteiger partial charge in [0.05, 0.1) is 20.9 Å². The zero-order valence-corrected chi connectivity index (χ0v) is 11.1. The summed E-state index contributed by atoms with van der Waals surface area (Å²) < 4.78 is 1.03. The van der Waals surface area contributed by atoms with E-state index >= 15 is 0 Å². The predicted octanol–water partition coefficient (Wildman–Crippen LogP) is 4.03. The van der Waals surface area contributed by atoms with Crippen LogP contribution in [0.5, 0.6) is 5.75 Å². The molecule has 5 heteroatoms. The summed E-state index contributed by atoms with van der Waals surface area (Å²) in [7, 11) is 0. The van der Waals surface area contributed by atoms with E-state index in [1.165, 1.54) is 0 Å². The number of thiophene rings is 1. The Morgan fingerprint density at radius 2 is 2.11 bits per heavy atom. The second kappa shape index (κ2) is 4.23. The monoisotopic (exact) mass is 276 g/mol. The smallest absolute Gasteiger partial charge is 0.134 e. The van der Waals surface area contributed by atoms with E-state index in [2.05, 4.69) is 9.97 Å². The molecule has 0 aliphatic heterocycles. The molecule has 0 unspecified atom stereocenters. The molecule has 3 nitrogen and oxygen atoms in total. The van der Waals surface area contributed by atoms with Crippen LogP contribution in [0.15, 0.2) is 29.9 Å². The predicted molar refractivity (Wildman–Crippen MR) is 74.3 cm³/mol. The fourth-order valence-electron chi connectivity index (χ4n) is 1.90. The largest absolute Gasteiger partial charge is 0.506 e. The third-order valence-corrected chi connectivity index (χ3v) is 4.01. The molecule has 0 bridgehead atoms. The number of aryl methyl sites for hydroxylation is 1. The van der Waals surface area contributed by atoms with Crippen molar-refractivity contribution >= 4 is 33.2 Å². The zero-order valence-electron chi connectivity index (χ0n) is 9.51. The highest BCUT2D eigenvalue weighted by molar-refractivity contribution is 7.17. The molecule has 1 N–H and O–H groups in total. The number of hydrogen-bond donors (Lipinski definition) is 1. The molecule has 0 aliphatic rings. The molecular formula is C13H9ClN2OS. The van der Waals surface area contributed by atoms with E-state index in [9.17, 15) is 5.11 Å². The number of rotatable bonds is 1. The van der Waals surface area contributed by atoms with Crippen molar-refractivity contribution in [3.05, 3.63) is 40.5 Å². The maximum absolute atomic E-state index is 9.58. The van der Waals surface area contributed by atoms with Gasteiger partial charge < -0.3 is 5.11 Å².